The van der Waals surface area contributed by atoms with Crippen LogP contribution >= 0.6 is 0 Å². The summed E-state index contributed by atoms with van der Waals surface area (Å²) >= 11 is 0. The average Bonchev–Trinajstić information content (AvgIpc) is 3.08. The van der Waals surface area contributed by atoms with Crippen LogP contribution in [0.1, 0.15) is 11.3 Å². The molecule has 0 saturated carbocycles. The van der Waals surface area contributed by atoms with Crippen LogP contribution in [0.3, 0.4) is 0 Å². The highest BCUT2D eigenvalue weighted by Crippen LogP contribution is 2.29. The lowest BCUT2D eigenvalue weighted by atomic mass is 10.2. The predicted octanol–water partition coefficient (Wildman–Crippen LogP) is 4.80. The molecule has 0 bridgehead atoms. The first kappa shape index (κ1) is 18.4. The van der Waals surface area contributed by atoms with Gasteiger partial charge in [-0.1, -0.05) is 24.3 Å². The molecule has 1 aromatic heterocycles. The van der Waals surface area contributed by atoms with Gasteiger partial charge in [0.05, 0.1) is 7.11 Å². The van der Waals surface area contributed by atoms with Gasteiger partial charge >= 0.3 is 12.6 Å². The number of carbonyl (C=O) groups is 1. The van der Waals surface area contributed by atoms with Crippen LogP contribution in [0.2, 0.25) is 0 Å². The van der Waals surface area contributed by atoms with E-state index in [1.807, 2.05) is 24.3 Å². The van der Waals surface area contributed by atoms with E-state index >= 15 is 0 Å². The normalized spacial score (nSPS) is 11.3. The van der Waals surface area contributed by atoms with Gasteiger partial charge in [-0.3, -0.25) is 0 Å². The third-order valence-electron chi connectivity index (χ3n) is 3.65. The van der Waals surface area contributed by atoms with Gasteiger partial charge in [0.1, 0.15) is 18.0 Å². The third-order valence-corrected chi connectivity index (χ3v) is 3.65. The molecule has 0 aliphatic rings. The number of hydrogen-bond donors (Lipinski definition) is 0. The fourth-order valence-electron chi connectivity index (χ4n) is 2.44. The molecule has 0 amide bonds. The Morgan fingerprint density at radius 1 is 1.15 bits per heavy atom. The summed E-state index contributed by atoms with van der Waals surface area (Å²) in [5, 5.41) is 0.928. The van der Waals surface area contributed by atoms with Gasteiger partial charge in [-0.25, -0.2) is 4.79 Å². The molecule has 0 N–H and O–H groups in total. The minimum absolute atomic E-state index is 0.00232. The SMILES string of the molecule is COc1cc(/C=C/C(=O)OCc2cc3ccccc3o2)ccc1OC(F)F. The number of ether oxygens (including phenoxy) is 3. The van der Waals surface area contributed by atoms with Gasteiger partial charge in [0.25, 0.3) is 0 Å². The number of para-hydroxylation sites is 1. The summed E-state index contributed by atoms with van der Waals surface area (Å²) in [6.45, 7) is -2.95. The van der Waals surface area contributed by atoms with Gasteiger partial charge < -0.3 is 18.6 Å². The highest BCUT2D eigenvalue weighted by atomic mass is 19.3. The first-order valence-electron chi connectivity index (χ1n) is 8.00. The number of methoxy groups -OCH3 is 1. The molecule has 0 spiro atoms. The summed E-state index contributed by atoms with van der Waals surface area (Å²) in [7, 11) is 1.34. The number of furan rings is 1. The number of benzene rings is 2. The average molecular weight is 374 g/mol. The first-order valence-corrected chi connectivity index (χ1v) is 8.00. The van der Waals surface area contributed by atoms with Gasteiger partial charge in [-0.05, 0) is 35.9 Å². The lowest BCUT2D eigenvalue weighted by molar-refractivity contribution is -0.139. The van der Waals surface area contributed by atoms with Gasteiger partial charge in [0.15, 0.2) is 11.5 Å². The summed E-state index contributed by atoms with van der Waals surface area (Å²) in [6.07, 6.45) is 2.71. The summed E-state index contributed by atoms with van der Waals surface area (Å²) < 4.78 is 44.7. The lowest BCUT2D eigenvalue weighted by Crippen LogP contribution is -2.03. The van der Waals surface area contributed by atoms with Gasteiger partial charge in [0, 0.05) is 11.5 Å². The van der Waals surface area contributed by atoms with Crippen molar-refractivity contribution in [1.82, 2.24) is 0 Å². The Kier molecular flexibility index (Phi) is 5.71. The Bertz CT molecular complexity index is 929. The zero-order valence-corrected chi connectivity index (χ0v) is 14.4. The van der Waals surface area contributed by atoms with Crippen LogP contribution in [0, 0.1) is 0 Å². The Morgan fingerprint density at radius 3 is 2.70 bits per heavy atom. The zero-order chi connectivity index (χ0) is 19.2. The number of esters is 1. The minimum atomic E-state index is -2.95. The van der Waals surface area contributed by atoms with Crippen molar-refractivity contribution in [2.45, 2.75) is 13.2 Å². The van der Waals surface area contributed by atoms with Crippen molar-refractivity contribution >= 4 is 23.0 Å². The van der Waals surface area contributed by atoms with E-state index in [0.29, 0.717) is 11.3 Å². The molecule has 0 aliphatic heterocycles. The Labute approximate surface area is 153 Å². The molecule has 5 nitrogen and oxygen atoms in total. The van der Waals surface area contributed by atoms with Crippen molar-refractivity contribution in [3.05, 3.63) is 65.9 Å². The van der Waals surface area contributed by atoms with Crippen molar-refractivity contribution < 1.29 is 32.2 Å². The van der Waals surface area contributed by atoms with Crippen LogP contribution in [-0.4, -0.2) is 19.7 Å². The highest BCUT2D eigenvalue weighted by molar-refractivity contribution is 5.87. The summed E-state index contributed by atoms with van der Waals surface area (Å²) in [5.74, 6) is 0.0145. The van der Waals surface area contributed by atoms with E-state index in [2.05, 4.69) is 4.74 Å². The molecule has 0 atom stereocenters. The van der Waals surface area contributed by atoms with Crippen LogP contribution in [0.25, 0.3) is 17.0 Å². The quantitative estimate of drug-likeness (QED) is 0.439. The van der Waals surface area contributed by atoms with Crippen molar-refractivity contribution in [3.8, 4) is 11.5 Å². The zero-order valence-electron chi connectivity index (χ0n) is 14.4. The molecule has 3 aromatic rings. The fourth-order valence-corrected chi connectivity index (χ4v) is 2.44. The third kappa shape index (κ3) is 4.84. The van der Waals surface area contributed by atoms with Crippen LogP contribution in [0.15, 0.2) is 59.0 Å². The van der Waals surface area contributed by atoms with E-state index in [-0.39, 0.29) is 18.1 Å². The number of rotatable bonds is 7. The summed E-state index contributed by atoms with van der Waals surface area (Å²) in [5.41, 5.74) is 1.28. The van der Waals surface area contributed by atoms with E-state index < -0.39 is 12.6 Å². The predicted molar refractivity (Wildman–Crippen MR) is 94.7 cm³/mol. The van der Waals surface area contributed by atoms with Crippen LogP contribution in [0.5, 0.6) is 11.5 Å². The van der Waals surface area contributed by atoms with E-state index in [4.69, 9.17) is 13.9 Å². The second-order valence-electron chi connectivity index (χ2n) is 5.48. The Morgan fingerprint density at radius 2 is 1.96 bits per heavy atom. The van der Waals surface area contributed by atoms with Crippen molar-refractivity contribution in [3.63, 3.8) is 0 Å². The van der Waals surface area contributed by atoms with Gasteiger partial charge in [-0.2, -0.15) is 8.78 Å². The molecule has 0 saturated heterocycles. The standard InChI is InChI=1S/C20H16F2O5/c1-24-18-10-13(6-8-17(18)27-20(21)22)7-9-19(23)25-12-15-11-14-4-2-3-5-16(14)26-15/h2-11,20H,12H2,1H3/b9-7+. The van der Waals surface area contributed by atoms with Gasteiger partial charge in [-0.15, -0.1) is 0 Å². The Hall–Kier alpha value is -3.35. The highest BCUT2D eigenvalue weighted by Gasteiger charge is 2.10. The van der Waals surface area contributed by atoms with E-state index in [9.17, 15) is 13.6 Å². The molecular weight excluding hydrogens is 358 g/mol. The molecule has 0 aliphatic carbocycles. The van der Waals surface area contributed by atoms with Crippen molar-refractivity contribution in [2.75, 3.05) is 7.11 Å². The number of halogens is 2. The maximum Gasteiger partial charge on any atom is 0.387 e. The van der Waals surface area contributed by atoms with Crippen LogP contribution in [0.4, 0.5) is 8.78 Å². The molecule has 0 unspecified atom stereocenters. The topological polar surface area (TPSA) is 57.9 Å². The number of hydrogen-bond acceptors (Lipinski definition) is 5. The van der Waals surface area contributed by atoms with Crippen LogP contribution < -0.4 is 9.47 Å². The van der Waals surface area contributed by atoms with Crippen LogP contribution in [-0.2, 0) is 16.1 Å². The molecule has 3 rings (SSSR count). The van der Waals surface area contributed by atoms with Crippen molar-refractivity contribution in [2.24, 2.45) is 0 Å². The largest absolute Gasteiger partial charge is 0.493 e. The molecule has 7 heteroatoms. The van der Waals surface area contributed by atoms with E-state index in [1.165, 1.54) is 37.5 Å². The first-order chi connectivity index (χ1) is 13.0. The molecular formula is C20H16F2O5. The number of alkyl halides is 2. The molecule has 2 aromatic carbocycles. The van der Waals surface area contributed by atoms with Crippen molar-refractivity contribution in [1.29, 1.82) is 0 Å². The molecule has 27 heavy (non-hydrogen) atoms. The van der Waals surface area contributed by atoms with E-state index in [0.717, 1.165) is 11.0 Å². The second kappa shape index (κ2) is 8.35. The molecule has 0 fully saturated rings. The lowest BCUT2D eigenvalue weighted by Gasteiger charge is -2.10. The molecule has 1 heterocycles. The van der Waals surface area contributed by atoms with E-state index in [1.54, 1.807) is 6.07 Å². The number of carbonyl (C=O) groups excluding carboxylic acids is 1. The van der Waals surface area contributed by atoms with Gasteiger partial charge in [0.2, 0.25) is 0 Å². The maximum absolute atomic E-state index is 12.3. The summed E-state index contributed by atoms with van der Waals surface area (Å²) in [6, 6.07) is 13.6. The molecule has 0 radical (unpaired) electrons. The monoisotopic (exact) mass is 374 g/mol. The minimum Gasteiger partial charge on any atom is -0.493 e. The second-order valence-corrected chi connectivity index (χ2v) is 5.48. The Balaban J connectivity index is 1.60. The maximum atomic E-state index is 12.3. The number of fused-ring (bicyclic) bond motifs is 1. The molecule has 140 valence electrons. The smallest absolute Gasteiger partial charge is 0.387 e. The fraction of sp³-hybridized carbons (Fsp3) is 0.150. The summed E-state index contributed by atoms with van der Waals surface area (Å²) in [4.78, 5) is 11.9.